The third-order valence-electron chi connectivity index (χ3n) is 4.57. The highest BCUT2D eigenvalue weighted by Crippen LogP contribution is 2.22. The smallest absolute Gasteiger partial charge is 0.232 e. The fourth-order valence-electron chi connectivity index (χ4n) is 2.99. The summed E-state index contributed by atoms with van der Waals surface area (Å²) in [5.74, 6) is 0.703. The van der Waals surface area contributed by atoms with Gasteiger partial charge in [-0.3, -0.25) is 9.10 Å². The topological polar surface area (TPSA) is 75.7 Å². The van der Waals surface area contributed by atoms with E-state index in [0.717, 1.165) is 22.4 Å². The fraction of sp³-hybridized carbons (Fsp3) is 0.409. The summed E-state index contributed by atoms with van der Waals surface area (Å²) in [5, 5.41) is 2.82. The Labute approximate surface area is 173 Å². The number of aryl methyl sites for hydroxylation is 3. The lowest BCUT2D eigenvalue weighted by Gasteiger charge is -2.24. The van der Waals surface area contributed by atoms with Gasteiger partial charge in [0.1, 0.15) is 12.4 Å². The maximum Gasteiger partial charge on any atom is 0.232 e. The van der Waals surface area contributed by atoms with E-state index in [1.165, 1.54) is 10.6 Å². The minimum atomic E-state index is -3.42. The summed E-state index contributed by atoms with van der Waals surface area (Å²) in [6.45, 7) is 6.90. The second-order valence-electron chi connectivity index (χ2n) is 7.19. The molecule has 2 aromatic carbocycles. The largest absolute Gasteiger partial charge is 0.491 e. The molecule has 0 saturated carbocycles. The van der Waals surface area contributed by atoms with E-state index in [1.54, 1.807) is 6.07 Å². The second kappa shape index (κ2) is 10.3. The molecule has 2 rings (SSSR count). The summed E-state index contributed by atoms with van der Waals surface area (Å²) in [7, 11) is -3.42. The Hall–Kier alpha value is -2.54. The standard InChI is InChI=1S/C22H30N2O4S/c1-17-11-12-19(3)21(16-17)28-15-13-23-22(25)10-7-14-24(29(4,26)27)20-9-6-5-8-18(20)2/h5-6,8-9,11-12,16H,7,10,13-15H2,1-4H3,(H,23,25). The predicted molar refractivity (Wildman–Crippen MR) is 117 cm³/mol. The van der Waals surface area contributed by atoms with E-state index >= 15 is 0 Å². The normalized spacial score (nSPS) is 11.2. The van der Waals surface area contributed by atoms with Crippen LogP contribution >= 0.6 is 0 Å². The van der Waals surface area contributed by atoms with Crippen molar-refractivity contribution in [2.24, 2.45) is 0 Å². The van der Waals surface area contributed by atoms with Crippen LogP contribution in [-0.2, 0) is 14.8 Å². The number of amides is 1. The number of hydrogen-bond acceptors (Lipinski definition) is 4. The molecule has 0 fully saturated rings. The summed E-state index contributed by atoms with van der Waals surface area (Å²) < 4.78 is 31.4. The van der Waals surface area contributed by atoms with E-state index in [0.29, 0.717) is 25.3 Å². The minimum Gasteiger partial charge on any atom is -0.491 e. The summed E-state index contributed by atoms with van der Waals surface area (Å²) in [5.41, 5.74) is 3.71. The van der Waals surface area contributed by atoms with Crippen LogP contribution in [0.3, 0.4) is 0 Å². The highest BCUT2D eigenvalue weighted by molar-refractivity contribution is 7.92. The number of nitrogens with one attached hydrogen (secondary N) is 1. The van der Waals surface area contributed by atoms with Gasteiger partial charge in [-0.2, -0.15) is 0 Å². The third-order valence-corrected chi connectivity index (χ3v) is 5.75. The quantitative estimate of drug-likeness (QED) is 0.601. The van der Waals surface area contributed by atoms with Gasteiger partial charge in [-0.05, 0) is 56.0 Å². The first-order valence-electron chi connectivity index (χ1n) is 9.68. The van der Waals surface area contributed by atoms with Crippen LogP contribution in [0.2, 0.25) is 0 Å². The van der Waals surface area contributed by atoms with Gasteiger partial charge in [0.05, 0.1) is 18.5 Å². The van der Waals surface area contributed by atoms with Crippen LogP contribution < -0.4 is 14.4 Å². The van der Waals surface area contributed by atoms with E-state index in [1.807, 2.05) is 57.2 Å². The molecule has 0 spiro atoms. The average molecular weight is 419 g/mol. The highest BCUT2D eigenvalue weighted by atomic mass is 32.2. The van der Waals surface area contributed by atoms with Crippen LogP contribution in [0.25, 0.3) is 0 Å². The number of para-hydroxylation sites is 1. The molecule has 0 aromatic heterocycles. The predicted octanol–water partition coefficient (Wildman–Crippen LogP) is 3.35. The molecule has 0 unspecified atom stereocenters. The van der Waals surface area contributed by atoms with Gasteiger partial charge in [-0.15, -0.1) is 0 Å². The van der Waals surface area contributed by atoms with Gasteiger partial charge in [-0.1, -0.05) is 30.3 Å². The number of carbonyl (C=O) groups is 1. The van der Waals surface area contributed by atoms with Crippen LogP contribution in [-0.4, -0.2) is 40.3 Å². The van der Waals surface area contributed by atoms with Gasteiger partial charge in [0.15, 0.2) is 0 Å². The monoisotopic (exact) mass is 418 g/mol. The molecule has 0 bridgehead atoms. The Morgan fingerprint density at radius 3 is 2.48 bits per heavy atom. The molecule has 2 aromatic rings. The van der Waals surface area contributed by atoms with Gasteiger partial charge < -0.3 is 10.1 Å². The number of carbonyl (C=O) groups excluding carboxylic acids is 1. The molecule has 1 amide bonds. The number of nitrogens with zero attached hydrogens (tertiary/aromatic N) is 1. The number of benzene rings is 2. The summed E-state index contributed by atoms with van der Waals surface area (Å²) in [6, 6.07) is 13.3. The molecule has 7 heteroatoms. The van der Waals surface area contributed by atoms with Gasteiger partial charge in [-0.25, -0.2) is 8.42 Å². The number of hydrogen-bond donors (Lipinski definition) is 1. The molecular weight excluding hydrogens is 388 g/mol. The third kappa shape index (κ3) is 7.09. The van der Waals surface area contributed by atoms with E-state index in [4.69, 9.17) is 4.74 Å². The fourth-order valence-corrected chi connectivity index (χ4v) is 4.02. The van der Waals surface area contributed by atoms with Crippen molar-refractivity contribution in [1.29, 1.82) is 0 Å². The molecule has 6 nitrogen and oxygen atoms in total. The Balaban J connectivity index is 1.78. The Morgan fingerprint density at radius 2 is 1.79 bits per heavy atom. The van der Waals surface area contributed by atoms with Crippen molar-refractivity contribution in [3.05, 3.63) is 59.2 Å². The van der Waals surface area contributed by atoms with E-state index in [9.17, 15) is 13.2 Å². The van der Waals surface area contributed by atoms with Crippen LogP contribution in [0.5, 0.6) is 5.75 Å². The summed E-state index contributed by atoms with van der Waals surface area (Å²) in [4.78, 5) is 12.1. The van der Waals surface area contributed by atoms with E-state index in [-0.39, 0.29) is 18.9 Å². The first kappa shape index (κ1) is 22.7. The molecule has 0 radical (unpaired) electrons. The lowest BCUT2D eigenvalue weighted by Crippen LogP contribution is -2.33. The van der Waals surface area contributed by atoms with Crippen molar-refractivity contribution in [1.82, 2.24) is 5.32 Å². The zero-order valence-corrected chi connectivity index (χ0v) is 18.4. The average Bonchev–Trinajstić information content (AvgIpc) is 2.65. The zero-order chi connectivity index (χ0) is 21.4. The Kier molecular flexibility index (Phi) is 8.08. The zero-order valence-electron chi connectivity index (χ0n) is 17.6. The van der Waals surface area contributed by atoms with Crippen molar-refractivity contribution in [3.63, 3.8) is 0 Å². The van der Waals surface area contributed by atoms with E-state index in [2.05, 4.69) is 5.32 Å². The number of ether oxygens (including phenoxy) is 1. The molecule has 0 aliphatic carbocycles. The van der Waals surface area contributed by atoms with Crippen LogP contribution in [0.4, 0.5) is 5.69 Å². The molecule has 29 heavy (non-hydrogen) atoms. The highest BCUT2D eigenvalue weighted by Gasteiger charge is 2.18. The maximum atomic E-state index is 12.2. The van der Waals surface area contributed by atoms with Crippen molar-refractivity contribution >= 4 is 21.6 Å². The Bertz CT molecular complexity index is 942. The molecule has 0 saturated heterocycles. The molecule has 158 valence electrons. The van der Waals surface area contributed by atoms with Gasteiger partial charge >= 0.3 is 0 Å². The number of rotatable bonds is 10. The second-order valence-corrected chi connectivity index (χ2v) is 9.10. The van der Waals surface area contributed by atoms with Crippen molar-refractivity contribution in [2.75, 3.05) is 30.3 Å². The molecule has 0 heterocycles. The Morgan fingerprint density at radius 1 is 1.07 bits per heavy atom. The molecule has 0 aliphatic rings. The first-order valence-corrected chi connectivity index (χ1v) is 11.5. The number of anilines is 1. The summed E-state index contributed by atoms with van der Waals surface area (Å²) in [6.07, 6.45) is 1.87. The van der Waals surface area contributed by atoms with Crippen LogP contribution in [0, 0.1) is 20.8 Å². The van der Waals surface area contributed by atoms with Gasteiger partial charge in [0.2, 0.25) is 15.9 Å². The van der Waals surface area contributed by atoms with Gasteiger partial charge in [0.25, 0.3) is 0 Å². The van der Waals surface area contributed by atoms with Gasteiger partial charge in [0, 0.05) is 13.0 Å². The molecule has 1 N–H and O–H groups in total. The SMILES string of the molecule is Cc1ccc(C)c(OCCNC(=O)CCCN(c2ccccc2C)S(C)(=O)=O)c1. The lowest BCUT2D eigenvalue weighted by atomic mass is 10.1. The molecular formula is C22H30N2O4S. The lowest BCUT2D eigenvalue weighted by molar-refractivity contribution is -0.121. The van der Waals surface area contributed by atoms with Crippen LogP contribution in [0.1, 0.15) is 29.5 Å². The van der Waals surface area contributed by atoms with Crippen molar-refractivity contribution < 1.29 is 17.9 Å². The maximum absolute atomic E-state index is 12.2. The van der Waals surface area contributed by atoms with Crippen molar-refractivity contribution in [2.45, 2.75) is 33.6 Å². The van der Waals surface area contributed by atoms with Crippen molar-refractivity contribution in [3.8, 4) is 5.75 Å². The minimum absolute atomic E-state index is 0.118. The molecule has 0 atom stereocenters. The van der Waals surface area contributed by atoms with Crippen LogP contribution in [0.15, 0.2) is 42.5 Å². The first-order chi connectivity index (χ1) is 13.7. The number of sulfonamides is 1. The molecule has 0 aliphatic heterocycles. The van der Waals surface area contributed by atoms with E-state index < -0.39 is 10.0 Å². The summed E-state index contributed by atoms with van der Waals surface area (Å²) >= 11 is 0.